The van der Waals surface area contributed by atoms with E-state index in [0.29, 0.717) is 21.1 Å². The van der Waals surface area contributed by atoms with Gasteiger partial charge in [0.1, 0.15) is 34.8 Å². The standard InChI is InChI=1S/C32H28F2N4O8S/c1-35-30(39)27-21-14-20(23(36(2)47(3,43)44)15-25(21)46-29(27)17-7-9-19(33)10-8-17)26-16-37(11-12-45-26)31(40)24-13-18-5-4-6-22(34)28(18)38(24)32(41)42/h4-10,13-15,26H,11-12,16H2,1-3H3,(H,35,39)(H,41,42). The molecule has 12 nitrogen and oxygen atoms in total. The molecule has 0 spiro atoms. The van der Waals surface area contributed by atoms with Gasteiger partial charge in [-0.05, 0) is 42.5 Å². The molecule has 3 heterocycles. The molecule has 1 saturated heterocycles. The molecular weight excluding hydrogens is 638 g/mol. The number of benzene rings is 3. The number of carbonyl (C=O) groups is 3. The molecule has 5 aromatic rings. The third-order valence-corrected chi connectivity index (χ3v) is 9.31. The van der Waals surface area contributed by atoms with Gasteiger partial charge in [-0.25, -0.2) is 26.6 Å². The molecule has 2 aromatic heterocycles. The molecule has 1 fully saturated rings. The molecule has 0 aliphatic carbocycles. The molecule has 1 aliphatic rings. The number of para-hydroxylation sites is 1. The summed E-state index contributed by atoms with van der Waals surface area (Å²) in [6.07, 6.45) is -1.48. The number of furan rings is 1. The molecule has 244 valence electrons. The number of morpholine rings is 1. The van der Waals surface area contributed by atoms with Crippen LogP contribution in [0.4, 0.5) is 19.3 Å². The lowest BCUT2D eigenvalue weighted by Gasteiger charge is -2.35. The fourth-order valence-electron chi connectivity index (χ4n) is 5.77. The van der Waals surface area contributed by atoms with E-state index < -0.39 is 45.7 Å². The molecule has 0 bridgehead atoms. The maximum atomic E-state index is 14.7. The van der Waals surface area contributed by atoms with Crippen molar-refractivity contribution >= 4 is 55.5 Å². The van der Waals surface area contributed by atoms with Crippen molar-refractivity contribution in [2.75, 3.05) is 44.4 Å². The maximum Gasteiger partial charge on any atom is 0.416 e. The predicted molar refractivity (Wildman–Crippen MR) is 168 cm³/mol. The summed E-state index contributed by atoms with van der Waals surface area (Å²) >= 11 is 0. The highest BCUT2D eigenvalue weighted by atomic mass is 32.2. The van der Waals surface area contributed by atoms with Gasteiger partial charge in [-0.1, -0.05) is 12.1 Å². The van der Waals surface area contributed by atoms with Crippen molar-refractivity contribution in [3.8, 4) is 11.3 Å². The van der Waals surface area contributed by atoms with Gasteiger partial charge >= 0.3 is 6.09 Å². The summed E-state index contributed by atoms with van der Waals surface area (Å²) in [6.45, 7) is -0.0917. The van der Waals surface area contributed by atoms with Gasteiger partial charge in [0.25, 0.3) is 11.8 Å². The zero-order valence-electron chi connectivity index (χ0n) is 25.3. The van der Waals surface area contributed by atoms with Crippen molar-refractivity contribution in [3.63, 3.8) is 0 Å². The lowest BCUT2D eigenvalue weighted by molar-refractivity contribution is -0.0228. The average molecular weight is 667 g/mol. The molecule has 0 radical (unpaired) electrons. The summed E-state index contributed by atoms with van der Waals surface area (Å²) in [4.78, 5) is 40.5. The number of aromatic nitrogens is 1. The van der Waals surface area contributed by atoms with Crippen LogP contribution in [0, 0.1) is 11.6 Å². The number of ether oxygens (including phenoxy) is 1. The van der Waals surface area contributed by atoms with E-state index >= 15 is 0 Å². The number of rotatable bonds is 6. The van der Waals surface area contributed by atoms with E-state index in [2.05, 4.69) is 5.32 Å². The number of fused-ring (bicyclic) bond motifs is 2. The molecular formula is C32H28F2N4O8S. The Kier molecular flexibility index (Phi) is 7.97. The first-order valence-corrected chi connectivity index (χ1v) is 16.1. The summed E-state index contributed by atoms with van der Waals surface area (Å²) in [5.41, 5.74) is 0.580. The van der Waals surface area contributed by atoms with E-state index in [4.69, 9.17) is 9.15 Å². The van der Waals surface area contributed by atoms with Crippen LogP contribution in [-0.2, 0) is 14.8 Å². The number of anilines is 1. The van der Waals surface area contributed by atoms with Crippen LogP contribution in [0.1, 0.15) is 32.5 Å². The van der Waals surface area contributed by atoms with Crippen molar-refractivity contribution in [3.05, 3.63) is 89.1 Å². The van der Waals surface area contributed by atoms with Gasteiger partial charge < -0.3 is 24.5 Å². The Bertz CT molecular complexity index is 2190. The number of carbonyl (C=O) groups excluding carboxylic acids is 2. The number of nitrogens with zero attached hydrogens (tertiary/aromatic N) is 3. The predicted octanol–water partition coefficient (Wildman–Crippen LogP) is 4.83. The van der Waals surface area contributed by atoms with Gasteiger partial charge in [-0.3, -0.25) is 13.9 Å². The molecule has 1 unspecified atom stereocenters. The Balaban J connectivity index is 1.48. The quantitative estimate of drug-likeness (QED) is 0.262. The largest absolute Gasteiger partial charge is 0.464 e. The summed E-state index contributed by atoms with van der Waals surface area (Å²) in [5, 5.41) is 13.0. The lowest BCUT2D eigenvalue weighted by atomic mass is 9.99. The average Bonchev–Trinajstić information content (AvgIpc) is 3.63. The highest BCUT2D eigenvalue weighted by Crippen LogP contribution is 2.41. The Morgan fingerprint density at radius 2 is 1.79 bits per heavy atom. The molecule has 47 heavy (non-hydrogen) atoms. The molecule has 0 saturated carbocycles. The van der Waals surface area contributed by atoms with Gasteiger partial charge in [0.05, 0.1) is 36.2 Å². The number of hydrogen-bond donors (Lipinski definition) is 2. The number of amides is 2. The Hall–Kier alpha value is -5.28. The topological polar surface area (TPSA) is 151 Å². The van der Waals surface area contributed by atoms with Gasteiger partial charge in [-0.2, -0.15) is 0 Å². The molecule has 6 rings (SSSR count). The van der Waals surface area contributed by atoms with Crippen LogP contribution in [0.5, 0.6) is 0 Å². The van der Waals surface area contributed by atoms with Crippen molar-refractivity contribution in [2.45, 2.75) is 6.10 Å². The van der Waals surface area contributed by atoms with Crippen LogP contribution < -0.4 is 9.62 Å². The van der Waals surface area contributed by atoms with Crippen LogP contribution in [0.15, 0.2) is 65.1 Å². The molecule has 1 aliphatic heterocycles. The summed E-state index contributed by atoms with van der Waals surface area (Å²) in [7, 11) is -1.09. The normalized spacial score (nSPS) is 15.3. The highest BCUT2D eigenvalue weighted by Gasteiger charge is 2.34. The summed E-state index contributed by atoms with van der Waals surface area (Å²) in [5.74, 6) is -2.40. The smallest absolute Gasteiger partial charge is 0.416 e. The summed E-state index contributed by atoms with van der Waals surface area (Å²) < 4.78 is 67.6. The van der Waals surface area contributed by atoms with Crippen molar-refractivity contribution in [2.24, 2.45) is 0 Å². The van der Waals surface area contributed by atoms with E-state index in [1.54, 1.807) is 6.07 Å². The Morgan fingerprint density at radius 3 is 2.45 bits per heavy atom. The van der Waals surface area contributed by atoms with Crippen LogP contribution >= 0.6 is 0 Å². The van der Waals surface area contributed by atoms with Gasteiger partial charge in [0, 0.05) is 48.6 Å². The fraction of sp³-hybridized carbons (Fsp3) is 0.219. The number of carboxylic acid groups (broad SMARTS) is 1. The van der Waals surface area contributed by atoms with Crippen molar-refractivity contribution in [1.29, 1.82) is 0 Å². The molecule has 2 amide bonds. The molecule has 3 aromatic carbocycles. The zero-order valence-corrected chi connectivity index (χ0v) is 26.1. The minimum absolute atomic E-state index is 0.00729. The third-order valence-electron chi connectivity index (χ3n) is 8.12. The van der Waals surface area contributed by atoms with E-state index in [0.717, 1.165) is 16.6 Å². The lowest BCUT2D eigenvalue weighted by Crippen LogP contribution is -2.43. The van der Waals surface area contributed by atoms with Crippen LogP contribution in [0.25, 0.3) is 33.2 Å². The second kappa shape index (κ2) is 11.8. The first-order valence-electron chi connectivity index (χ1n) is 14.3. The van der Waals surface area contributed by atoms with Crippen LogP contribution in [-0.4, -0.2) is 80.9 Å². The van der Waals surface area contributed by atoms with E-state index in [9.17, 15) is 36.7 Å². The second-order valence-electron chi connectivity index (χ2n) is 11.0. The first-order chi connectivity index (χ1) is 22.3. The van der Waals surface area contributed by atoms with Gasteiger partial charge in [-0.15, -0.1) is 0 Å². The van der Waals surface area contributed by atoms with E-state index in [1.165, 1.54) is 67.5 Å². The zero-order chi connectivity index (χ0) is 33.8. The Labute approximate surface area is 266 Å². The number of nitrogens with one attached hydrogen (secondary N) is 1. The van der Waals surface area contributed by atoms with Gasteiger partial charge in [0.15, 0.2) is 0 Å². The molecule has 2 N–H and O–H groups in total. The SMILES string of the molecule is CNC(=O)c1c(-c2ccc(F)cc2)oc2cc(N(C)S(C)(=O)=O)c(C3CN(C(=O)c4cc5cccc(F)c5n4C(=O)O)CCO3)cc12. The number of sulfonamides is 1. The minimum Gasteiger partial charge on any atom is -0.464 e. The Morgan fingerprint density at radius 1 is 1.06 bits per heavy atom. The molecule has 1 atom stereocenters. The number of halogens is 2. The first kappa shape index (κ1) is 31.7. The maximum absolute atomic E-state index is 14.7. The second-order valence-corrected chi connectivity index (χ2v) is 13.0. The third kappa shape index (κ3) is 5.57. The van der Waals surface area contributed by atoms with Crippen molar-refractivity contribution in [1.82, 2.24) is 14.8 Å². The monoisotopic (exact) mass is 666 g/mol. The van der Waals surface area contributed by atoms with E-state index in [-0.39, 0.29) is 58.9 Å². The van der Waals surface area contributed by atoms with Crippen molar-refractivity contribution < 1.29 is 45.8 Å². The van der Waals surface area contributed by atoms with E-state index in [1.807, 2.05) is 0 Å². The molecule has 15 heteroatoms. The van der Waals surface area contributed by atoms with Crippen LogP contribution in [0.3, 0.4) is 0 Å². The fourth-order valence-corrected chi connectivity index (χ4v) is 6.29. The number of hydrogen-bond acceptors (Lipinski definition) is 7. The van der Waals surface area contributed by atoms with Crippen LogP contribution in [0.2, 0.25) is 0 Å². The highest BCUT2D eigenvalue weighted by molar-refractivity contribution is 7.92. The van der Waals surface area contributed by atoms with Gasteiger partial charge in [0.2, 0.25) is 10.0 Å². The minimum atomic E-state index is -3.84. The summed E-state index contributed by atoms with van der Waals surface area (Å²) in [6, 6.07) is 13.6.